The van der Waals surface area contributed by atoms with Crippen LogP contribution in [-0.4, -0.2) is 35.9 Å². The summed E-state index contributed by atoms with van der Waals surface area (Å²) in [6, 6.07) is 12.6. The maximum atomic E-state index is 12.6. The Kier molecular flexibility index (Phi) is 7.69. The van der Waals surface area contributed by atoms with Gasteiger partial charge in [0.15, 0.2) is 0 Å². The SMILES string of the molecule is C[Si](C)(C)[C@@H](C[C@@H](CCl)OC(=O)c1cc([N+](=O)[O-])cc([N+](=O)[O-])c1)c1ccccc1. The smallest absolute Gasteiger partial charge is 0.338 e. The van der Waals surface area contributed by atoms with Crippen LogP contribution in [0.4, 0.5) is 11.4 Å². The Morgan fingerprint density at radius 3 is 2.00 bits per heavy atom. The fourth-order valence-corrected chi connectivity index (χ4v) is 5.58. The van der Waals surface area contributed by atoms with Gasteiger partial charge in [-0.25, -0.2) is 4.79 Å². The Hall–Kier alpha value is -2.78. The minimum absolute atomic E-state index is 0.0383. The van der Waals surface area contributed by atoms with E-state index in [0.29, 0.717) is 6.42 Å². The number of nitro groups is 2. The number of alkyl halides is 1. The van der Waals surface area contributed by atoms with Crippen LogP contribution in [0, 0.1) is 20.2 Å². The molecule has 2 aromatic rings. The lowest BCUT2D eigenvalue weighted by Crippen LogP contribution is -2.35. The molecule has 0 spiro atoms. The molecule has 0 aliphatic carbocycles. The van der Waals surface area contributed by atoms with E-state index in [2.05, 4.69) is 19.6 Å². The highest BCUT2D eigenvalue weighted by molar-refractivity contribution is 6.77. The van der Waals surface area contributed by atoms with E-state index >= 15 is 0 Å². The standard InChI is InChI=1S/C20H23ClN2O6Si/c1-30(2,3)19(14-7-5-4-6-8-14)12-18(13-21)29-20(24)15-9-16(22(25)26)11-17(10-15)23(27)28/h4-11,18-19H,12-13H2,1-3H3/t18-,19-/m0/s1. The largest absolute Gasteiger partial charge is 0.457 e. The lowest BCUT2D eigenvalue weighted by molar-refractivity contribution is -0.394. The summed E-state index contributed by atoms with van der Waals surface area (Å²) in [7, 11) is -1.71. The average molecular weight is 451 g/mol. The predicted octanol–water partition coefficient (Wildman–Crippen LogP) is 5.32. The molecule has 0 saturated heterocycles. The lowest BCUT2D eigenvalue weighted by atomic mass is 10.1. The number of esters is 1. The van der Waals surface area contributed by atoms with E-state index in [1.165, 1.54) is 0 Å². The van der Waals surface area contributed by atoms with Crippen LogP contribution in [0.5, 0.6) is 0 Å². The summed E-state index contributed by atoms with van der Waals surface area (Å²) >= 11 is 6.07. The minimum Gasteiger partial charge on any atom is -0.457 e. The molecule has 0 N–H and O–H groups in total. The van der Waals surface area contributed by atoms with E-state index in [-0.39, 0.29) is 17.0 Å². The molecule has 10 heteroatoms. The lowest BCUT2D eigenvalue weighted by Gasteiger charge is -2.32. The summed E-state index contributed by atoms with van der Waals surface area (Å²) in [6.45, 7) is 6.63. The number of halogens is 1. The van der Waals surface area contributed by atoms with Crippen molar-refractivity contribution < 1.29 is 19.4 Å². The Morgan fingerprint density at radius 2 is 1.57 bits per heavy atom. The van der Waals surface area contributed by atoms with E-state index in [0.717, 1.165) is 23.8 Å². The van der Waals surface area contributed by atoms with Crippen LogP contribution in [0.2, 0.25) is 19.6 Å². The van der Waals surface area contributed by atoms with Crippen molar-refractivity contribution >= 4 is 37.0 Å². The first-order valence-electron chi connectivity index (χ1n) is 9.28. The van der Waals surface area contributed by atoms with Gasteiger partial charge in [0.2, 0.25) is 0 Å². The quantitative estimate of drug-likeness (QED) is 0.168. The highest BCUT2D eigenvalue weighted by Gasteiger charge is 2.32. The van der Waals surface area contributed by atoms with Crippen molar-refractivity contribution in [1.29, 1.82) is 0 Å². The second-order valence-corrected chi connectivity index (χ2v) is 13.7. The summed E-state index contributed by atoms with van der Waals surface area (Å²) in [5.41, 5.74) is -0.0653. The number of nitrogens with zero attached hydrogens (tertiary/aromatic N) is 2. The van der Waals surface area contributed by atoms with E-state index in [4.69, 9.17) is 16.3 Å². The summed E-state index contributed by atoms with van der Waals surface area (Å²) in [5.74, 6) is -0.842. The summed E-state index contributed by atoms with van der Waals surface area (Å²) < 4.78 is 5.51. The molecule has 0 bridgehead atoms. The predicted molar refractivity (Wildman–Crippen MR) is 117 cm³/mol. The molecule has 8 nitrogen and oxygen atoms in total. The Morgan fingerprint density at radius 1 is 1.03 bits per heavy atom. The zero-order valence-corrected chi connectivity index (χ0v) is 18.7. The van der Waals surface area contributed by atoms with Crippen LogP contribution in [0.15, 0.2) is 48.5 Å². The van der Waals surface area contributed by atoms with Crippen molar-refractivity contribution in [3.8, 4) is 0 Å². The zero-order chi connectivity index (χ0) is 22.5. The normalized spacial score (nSPS) is 13.3. The van der Waals surface area contributed by atoms with Gasteiger partial charge in [-0.1, -0.05) is 50.0 Å². The number of benzene rings is 2. The van der Waals surface area contributed by atoms with Crippen molar-refractivity contribution in [2.75, 3.05) is 5.88 Å². The van der Waals surface area contributed by atoms with Gasteiger partial charge in [0.25, 0.3) is 11.4 Å². The Bertz CT molecular complexity index is 900. The van der Waals surface area contributed by atoms with E-state index in [1.807, 2.05) is 30.3 Å². The molecule has 0 fully saturated rings. The van der Waals surface area contributed by atoms with Gasteiger partial charge in [-0.3, -0.25) is 20.2 Å². The number of nitro benzene ring substituents is 2. The van der Waals surface area contributed by atoms with Gasteiger partial charge >= 0.3 is 5.97 Å². The molecule has 2 atom stereocenters. The number of ether oxygens (including phenoxy) is 1. The topological polar surface area (TPSA) is 113 Å². The van der Waals surface area contributed by atoms with Gasteiger partial charge in [0.05, 0.1) is 35.4 Å². The number of carbonyl (C=O) groups is 1. The Labute approximate surface area is 180 Å². The average Bonchev–Trinajstić information content (AvgIpc) is 2.70. The summed E-state index contributed by atoms with van der Waals surface area (Å²) in [4.78, 5) is 33.1. The number of carbonyl (C=O) groups excluding carboxylic acids is 1. The number of rotatable bonds is 9. The second kappa shape index (κ2) is 9.81. The van der Waals surface area contributed by atoms with Crippen LogP contribution in [0.25, 0.3) is 0 Å². The van der Waals surface area contributed by atoms with Gasteiger partial charge in [-0.15, -0.1) is 11.6 Å². The molecular formula is C20H23ClN2O6Si. The molecule has 2 rings (SSSR count). The first-order valence-corrected chi connectivity index (χ1v) is 13.4. The van der Waals surface area contributed by atoms with Crippen molar-refractivity contribution in [1.82, 2.24) is 0 Å². The van der Waals surface area contributed by atoms with Gasteiger partial charge < -0.3 is 4.74 Å². The second-order valence-electron chi connectivity index (χ2n) is 8.00. The molecule has 0 heterocycles. The first kappa shape index (κ1) is 23.5. The van der Waals surface area contributed by atoms with E-state index in [9.17, 15) is 25.0 Å². The van der Waals surface area contributed by atoms with E-state index < -0.39 is 41.4 Å². The van der Waals surface area contributed by atoms with Crippen LogP contribution in [0.1, 0.15) is 27.9 Å². The fourth-order valence-electron chi connectivity index (χ4n) is 3.22. The third-order valence-electron chi connectivity index (χ3n) is 4.75. The molecule has 0 radical (unpaired) electrons. The third-order valence-corrected chi connectivity index (χ3v) is 7.76. The number of hydrogen-bond acceptors (Lipinski definition) is 6. The highest BCUT2D eigenvalue weighted by Crippen LogP contribution is 2.33. The molecule has 0 aromatic heterocycles. The number of non-ortho nitro benzene ring substituents is 2. The minimum atomic E-state index is -1.71. The van der Waals surface area contributed by atoms with Crippen LogP contribution >= 0.6 is 11.6 Å². The van der Waals surface area contributed by atoms with Crippen LogP contribution < -0.4 is 0 Å². The number of hydrogen-bond donors (Lipinski definition) is 0. The zero-order valence-electron chi connectivity index (χ0n) is 16.9. The maximum Gasteiger partial charge on any atom is 0.338 e. The van der Waals surface area contributed by atoms with Crippen LogP contribution in [0.3, 0.4) is 0 Å². The van der Waals surface area contributed by atoms with Crippen molar-refractivity contribution in [3.63, 3.8) is 0 Å². The maximum absolute atomic E-state index is 12.6. The van der Waals surface area contributed by atoms with Gasteiger partial charge in [0, 0.05) is 12.1 Å². The molecule has 2 aromatic carbocycles. The van der Waals surface area contributed by atoms with Gasteiger partial charge in [-0.2, -0.15) is 0 Å². The molecule has 0 aliphatic rings. The third kappa shape index (κ3) is 6.11. The molecule has 160 valence electrons. The summed E-state index contributed by atoms with van der Waals surface area (Å²) in [5, 5.41) is 22.1. The van der Waals surface area contributed by atoms with Crippen molar-refractivity contribution in [3.05, 3.63) is 79.9 Å². The Balaban J connectivity index is 2.27. The molecule has 0 unspecified atom stereocenters. The molecule has 0 amide bonds. The summed E-state index contributed by atoms with van der Waals surface area (Å²) in [6.07, 6.45) is -0.152. The molecule has 0 aliphatic heterocycles. The first-order chi connectivity index (χ1) is 14.0. The van der Waals surface area contributed by atoms with E-state index in [1.54, 1.807) is 0 Å². The van der Waals surface area contributed by atoms with Crippen molar-refractivity contribution in [2.45, 2.75) is 37.7 Å². The van der Waals surface area contributed by atoms with Crippen LogP contribution in [-0.2, 0) is 4.74 Å². The molecule has 0 saturated carbocycles. The molecular weight excluding hydrogens is 428 g/mol. The van der Waals surface area contributed by atoms with Gasteiger partial charge in [0.1, 0.15) is 6.10 Å². The fraction of sp³-hybridized carbons (Fsp3) is 0.350. The monoisotopic (exact) mass is 450 g/mol. The molecule has 30 heavy (non-hydrogen) atoms. The highest BCUT2D eigenvalue weighted by atomic mass is 35.5. The van der Waals surface area contributed by atoms with Gasteiger partial charge in [-0.05, 0) is 17.5 Å². The van der Waals surface area contributed by atoms with Crippen molar-refractivity contribution in [2.24, 2.45) is 0 Å².